The molecule has 4 unspecified atom stereocenters. The van der Waals surface area contributed by atoms with Crippen molar-refractivity contribution in [2.24, 2.45) is 0 Å². The fraction of sp³-hybridized carbons (Fsp3) is 0.394. The van der Waals surface area contributed by atoms with Crippen molar-refractivity contribution in [1.29, 1.82) is 0 Å². The lowest BCUT2D eigenvalue weighted by molar-refractivity contribution is -0.201. The molecule has 1 aliphatic heterocycles. The predicted molar refractivity (Wildman–Crippen MR) is 157 cm³/mol. The van der Waals surface area contributed by atoms with Gasteiger partial charge in [-0.2, -0.15) is 0 Å². The second-order valence-corrected chi connectivity index (χ2v) is 11.7. The number of hydrogen-bond donors (Lipinski definition) is 1. The van der Waals surface area contributed by atoms with Crippen LogP contribution in [0.25, 0.3) is 16.5 Å². The zero-order valence-electron chi connectivity index (χ0n) is 25.1. The summed E-state index contributed by atoms with van der Waals surface area (Å²) in [5.41, 5.74) is 0.560. The van der Waals surface area contributed by atoms with Crippen LogP contribution in [0.3, 0.4) is 0 Å². The summed E-state index contributed by atoms with van der Waals surface area (Å²) < 4.78 is 18.0. The Hall–Kier alpha value is -4.08. The summed E-state index contributed by atoms with van der Waals surface area (Å²) in [7, 11) is 3.75. The van der Waals surface area contributed by atoms with E-state index < -0.39 is 41.4 Å². The van der Waals surface area contributed by atoms with E-state index in [1.807, 2.05) is 25.9 Å². The Balaban J connectivity index is 1.68. The molecule has 2 heterocycles. The van der Waals surface area contributed by atoms with Crippen LogP contribution in [0.15, 0.2) is 39.6 Å². The number of rotatable bonds is 4. The van der Waals surface area contributed by atoms with E-state index in [1.54, 1.807) is 39.8 Å². The van der Waals surface area contributed by atoms with E-state index in [9.17, 15) is 24.3 Å². The lowest BCUT2D eigenvalue weighted by atomic mass is 9.77. The number of ether oxygens (including phenoxy) is 2. The van der Waals surface area contributed by atoms with Gasteiger partial charge >= 0.3 is 5.97 Å². The van der Waals surface area contributed by atoms with Gasteiger partial charge in [0.1, 0.15) is 17.6 Å². The summed E-state index contributed by atoms with van der Waals surface area (Å²) in [6.07, 6.45) is 0.318. The first-order chi connectivity index (χ1) is 19.7. The number of esters is 1. The van der Waals surface area contributed by atoms with Crippen LogP contribution in [0.5, 0.6) is 5.75 Å². The molecule has 3 aromatic rings. The Morgan fingerprint density at radius 2 is 1.79 bits per heavy atom. The highest BCUT2D eigenvalue weighted by atomic mass is 16.6. The third-order valence-corrected chi connectivity index (χ3v) is 8.85. The number of nitrogens with zero attached hydrogens (tertiary/aromatic N) is 1. The average molecular weight is 574 g/mol. The van der Waals surface area contributed by atoms with Crippen molar-refractivity contribution in [3.63, 3.8) is 0 Å². The number of fused-ring (bicyclic) bond motifs is 4. The normalized spacial score (nSPS) is 24.1. The van der Waals surface area contributed by atoms with Crippen LogP contribution in [0.2, 0.25) is 0 Å². The van der Waals surface area contributed by atoms with Crippen molar-refractivity contribution in [1.82, 2.24) is 4.90 Å². The lowest BCUT2D eigenvalue weighted by Gasteiger charge is -2.50. The molecule has 1 fully saturated rings. The van der Waals surface area contributed by atoms with E-state index in [-0.39, 0.29) is 44.4 Å². The molecule has 0 spiro atoms. The van der Waals surface area contributed by atoms with Gasteiger partial charge in [0.2, 0.25) is 5.78 Å². The summed E-state index contributed by atoms with van der Waals surface area (Å²) in [5, 5.41) is 11.8. The van der Waals surface area contributed by atoms with Crippen molar-refractivity contribution in [2.75, 3.05) is 14.1 Å². The number of carbonyl (C=O) groups excluding carboxylic acids is 3. The van der Waals surface area contributed by atoms with Gasteiger partial charge in [-0.15, -0.1) is 0 Å². The second kappa shape index (κ2) is 10.3. The van der Waals surface area contributed by atoms with Crippen molar-refractivity contribution in [3.8, 4) is 5.75 Å². The molecular weight excluding hydrogens is 538 g/mol. The number of likely N-dealkylation sites (N-methyl/N-ethyl adjacent to an activating group) is 1. The van der Waals surface area contributed by atoms with E-state index in [0.717, 1.165) is 0 Å². The first-order valence-electron chi connectivity index (χ1n) is 13.9. The average Bonchev–Trinajstić information content (AvgIpc) is 2.92. The third kappa shape index (κ3) is 4.39. The van der Waals surface area contributed by atoms with Crippen molar-refractivity contribution in [2.45, 2.75) is 71.8 Å². The molecule has 0 saturated carbocycles. The van der Waals surface area contributed by atoms with Crippen LogP contribution in [0.4, 0.5) is 0 Å². The van der Waals surface area contributed by atoms with Crippen LogP contribution in [0.1, 0.15) is 95.9 Å². The molecule has 1 aromatic heterocycles. The number of carbonyl (C=O) groups is 3. The highest BCUT2D eigenvalue weighted by molar-refractivity contribution is 6.32. The molecule has 2 aliphatic rings. The van der Waals surface area contributed by atoms with Crippen LogP contribution >= 0.6 is 0 Å². The van der Waals surface area contributed by atoms with Gasteiger partial charge in [-0.3, -0.25) is 19.2 Å². The molecule has 5 rings (SSSR count). The van der Waals surface area contributed by atoms with Gasteiger partial charge in [0.15, 0.2) is 16.8 Å². The van der Waals surface area contributed by atoms with E-state index in [4.69, 9.17) is 13.9 Å². The van der Waals surface area contributed by atoms with Crippen molar-refractivity contribution < 1.29 is 33.4 Å². The smallest absolute Gasteiger partial charge is 0.303 e. The Labute approximate surface area is 243 Å². The quantitative estimate of drug-likeness (QED) is 0.332. The summed E-state index contributed by atoms with van der Waals surface area (Å²) in [4.78, 5) is 54.9. The highest BCUT2D eigenvalue weighted by Gasteiger charge is 2.50. The minimum atomic E-state index is -0.676. The minimum absolute atomic E-state index is 0.0226. The van der Waals surface area contributed by atoms with Gasteiger partial charge in [-0.25, -0.2) is 0 Å². The number of allylic oxidation sites excluding steroid dienone is 2. The maximum atomic E-state index is 14.2. The molecule has 4 atom stereocenters. The number of benzene rings is 2. The van der Waals surface area contributed by atoms with Crippen LogP contribution in [0, 0.1) is 6.92 Å². The number of ketones is 2. The fourth-order valence-corrected chi connectivity index (χ4v) is 6.22. The van der Waals surface area contributed by atoms with Gasteiger partial charge in [-0.1, -0.05) is 12.1 Å². The summed E-state index contributed by atoms with van der Waals surface area (Å²) >= 11 is 0. The van der Waals surface area contributed by atoms with Crippen LogP contribution in [-0.4, -0.2) is 59.4 Å². The standard InChI is InChI=1S/C33H35NO8/c1-9-15(2)23-13-22(36)25-16(3)12-21-27(31(25)42-23)30(39)26-20(28(21)37)11-10-19(29(26)38)24-14-33(6,34(7)8)32(17(4)40-24)41-18(5)35/h9-13,17,24,32,38H,14H2,1-8H3. The van der Waals surface area contributed by atoms with E-state index in [2.05, 4.69) is 0 Å². The number of phenols is 1. The zero-order chi connectivity index (χ0) is 30.8. The Kier molecular flexibility index (Phi) is 7.23. The van der Waals surface area contributed by atoms with Gasteiger partial charge in [0.05, 0.1) is 34.3 Å². The molecule has 9 heteroatoms. The summed E-state index contributed by atoms with van der Waals surface area (Å²) in [6.45, 7) is 10.4. The molecule has 42 heavy (non-hydrogen) atoms. The van der Waals surface area contributed by atoms with Gasteiger partial charge in [0, 0.05) is 29.7 Å². The largest absolute Gasteiger partial charge is 0.507 e. The monoisotopic (exact) mass is 573 g/mol. The molecule has 2 aromatic carbocycles. The topological polar surface area (TPSA) is 123 Å². The van der Waals surface area contributed by atoms with Crippen molar-refractivity contribution >= 4 is 34.1 Å². The number of aryl methyl sites for hydroxylation is 1. The van der Waals surface area contributed by atoms with Crippen molar-refractivity contribution in [3.05, 3.63) is 79.7 Å². The van der Waals surface area contributed by atoms with Gasteiger partial charge in [0.25, 0.3) is 0 Å². The number of phenolic OH excluding ortho intramolecular Hbond substituents is 1. The number of hydrogen-bond acceptors (Lipinski definition) is 9. The predicted octanol–water partition coefficient (Wildman–Crippen LogP) is 5.11. The molecule has 1 N–H and O–H groups in total. The Bertz CT molecular complexity index is 1760. The fourth-order valence-electron chi connectivity index (χ4n) is 6.22. The van der Waals surface area contributed by atoms with Crippen LogP contribution < -0.4 is 5.43 Å². The van der Waals surface area contributed by atoms with E-state index >= 15 is 0 Å². The minimum Gasteiger partial charge on any atom is -0.507 e. The molecule has 0 radical (unpaired) electrons. The molecule has 0 bridgehead atoms. The molecule has 220 valence electrons. The molecule has 9 nitrogen and oxygen atoms in total. The van der Waals surface area contributed by atoms with Gasteiger partial charge in [-0.05, 0) is 78.4 Å². The Morgan fingerprint density at radius 3 is 2.40 bits per heavy atom. The first-order valence-corrected chi connectivity index (χ1v) is 13.9. The Morgan fingerprint density at radius 1 is 1.10 bits per heavy atom. The SMILES string of the molecule is CC=C(C)c1cc(=O)c2c(C)cc3c(c2o1)C(=O)c1c(ccc(C2CC(C)(N(C)C)C(OC(C)=O)C(C)O2)c1O)C3=O. The van der Waals surface area contributed by atoms with Gasteiger partial charge < -0.3 is 23.9 Å². The maximum Gasteiger partial charge on any atom is 0.303 e. The van der Waals surface area contributed by atoms with E-state index in [1.165, 1.54) is 25.1 Å². The lowest BCUT2D eigenvalue weighted by Crippen LogP contribution is -2.61. The molecular formula is C33H35NO8. The maximum absolute atomic E-state index is 14.2. The molecule has 1 saturated heterocycles. The second-order valence-electron chi connectivity index (χ2n) is 11.7. The third-order valence-electron chi connectivity index (χ3n) is 8.85. The van der Waals surface area contributed by atoms with E-state index in [0.29, 0.717) is 28.9 Å². The number of aromatic hydroxyl groups is 1. The molecule has 0 amide bonds. The van der Waals surface area contributed by atoms with Crippen LogP contribution in [-0.2, 0) is 14.3 Å². The highest BCUT2D eigenvalue weighted by Crippen LogP contribution is 2.46. The molecule has 1 aliphatic carbocycles. The summed E-state index contributed by atoms with van der Waals surface area (Å²) in [5.74, 6) is -1.56. The zero-order valence-corrected chi connectivity index (χ0v) is 25.1. The first kappa shape index (κ1) is 29.4. The summed E-state index contributed by atoms with van der Waals surface area (Å²) in [6, 6.07) is 6.05.